The summed E-state index contributed by atoms with van der Waals surface area (Å²) in [7, 11) is 0. The molecule has 2 nitrogen and oxygen atoms in total. The number of halogens is 2. The van der Waals surface area contributed by atoms with Gasteiger partial charge in [0.2, 0.25) is 0 Å². The molecule has 1 aromatic carbocycles. The van der Waals surface area contributed by atoms with Gasteiger partial charge in [-0.05, 0) is 24.8 Å². The number of benzene rings is 1. The third-order valence-corrected chi connectivity index (χ3v) is 4.45. The van der Waals surface area contributed by atoms with Crippen LogP contribution in [0.2, 0.25) is 0 Å². The van der Waals surface area contributed by atoms with Gasteiger partial charge in [-0.1, -0.05) is 32.4 Å². The fourth-order valence-corrected chi connectivity index (χ4v) is 3.33. The van der Waals surface area contributed by atoms with Gasteiger partial charge in [0.15, 0.2) is 11.6 Å². The van der Waals surface area contributed by atoms with Crippen molar-refractivity contribution in [1.29, 1.82) is 0 Å². The Hall–Kier alpha value is -1.00. The van der Waals surface area contributed by atoms with Crippen molar-refractivity contribution in [1.82, 2.24) is 10.2 Å². The van der Waals surface area contributed by atoms with Gasteiger partial charge < -0.3 is 5.32 Å². The fraction of sp³-hybridized carbons (Fsp3) is 0.647. The number of rotatable bonds is 5. The molecule has 1 fully saturated rings. The topological polar surface area (TPSA) is 15.3 Å². The molecule has 4 heteroatoms. The SMILES string of the molecule is CCCC(C)[C@@H](c1ccc(C)c(F)c1F)N1CCNCC1. The van der Waals surface area contributed by atoms with Gasteiger partial charge in [0.05, 0.1) is 0 Å². The number of aryl methyl sites for hydroxylation is 1. The van der Waals surface area contributed by atoms with Crippen molar-refractivity contribution < 1.29 is 8.78 Å². The highest BCUT2D eigenvalue weighted by Gasteiger charge is 2.30. The lowest BCUT2D eigenvalue weighted by Crippen LogP contribution is -2.46. The lowest BCUT2D eigenvalue weighted by molar-refractivity contribution is 0.122. The maximum absolute atomic E-state index is 14.5. The van der Waals surface area contributed by atoms with E-state index in [1.165, 1.54) is 0 Å². The van der Waals surface area contributed by atoms with Crippen molar-refractivity contribution in [2.75, 3.05) is 26.2 Å². The summed E-state index contributed by atoms with van der Waals surface area (Å²) in [5, 5.41) is 3.32. The Bertz CT molecular complexity index is 470. The molecule has 1 saturated heterocycles. The van der Waals surface area contributed by atoms with Crippen LogP contribution in [0.1, 0.15) is 43.9 Å². The van der Waals surface area contributed by atoms with Crippen molar-refractivity contribution in [2.45, 2.75) is 39.7 Å². The summed E-state index contributed by atoms with van der Waals surface area (Å²) in [5.74, 6) is -1.05. The van der Waals surface area contributed by atoms with E-state index in [1.807, 2.05) is 0 Å². The molecule has 118 valence electrons. The minimum atomic E-state index is -0.698. The van der Waals surface area contributed by atoms with Crippen LogP contribution in [0.5, 0.6) is 0 Å². The second kappa shape index (κ2) is 7.32. The summed E-state index contributed by atoms with van der Waals surface area (Å²) >= 11 is 0. The Morgan fingerprint density at radius 1 is 1.19 bits per heavy atom. The van der Waals surface area contributed by atoms with E-state index in [0.29, 0.717) is 17.0 Å². The number of hydrogen-bond acceptors (Lipinski definition) is 2. The number of hydrogen-bond donors (Lipinski definition) is 1. The molecular formula is C17H26F2N2. The molecule has 0 bridgehead atoms. The first-order valence-electron chi connectivity index (χ1n) is 7.95. The highest BCUT2D eigenvalue weighted by Crippen LogP contribution is 2.34. The van der Waals surface area contributed by atoms with Gasteiger partial charge in [-0.2, -0.15) is 0 Å². The van der Waals surface area contributed by atoms with Crippen LogP contribution < -0.4 is 5.32 Å². The van der Waals surface area contributed by atoms with Gasteiger partial charge >= 0.3 is 0 Å². The largest absolute Gasteiger partial charge is 0.314 e. The fourth-order valence-electron chi connectivity index (χ4n) is 3.33. The van der Waals surface area contributed by atoms with E-state index < -0.39 is 11.6 Å². The molecule has 1 unspecified atom stereocenters. The molecule has 1 aliphatic rings. The minimum absolute atomic E-state index is 0.0397. The predicted molar refractivity (Wildman–Crippen MR) is 82.4 cm³/mol. The average Bonchev–Trinajstić information content (AvgIpc) is 2.49. The molecule has 0 spiro atoms. The maximum atomic E-state index is 14.5. The van der Waals surface area contributed by atoms with Gasteiger partial charge in [-0.3, -0.25) is 4.90 Å². The summed E-state index contributed by atoms with van der Waals surface area (Å²) in [6.07, 6.45) is 2.07. The minimum Gasteiger partial charge on any atom is -0.314 e. The summed E-state index contributed by atoms with van der Waals surface area (Å²) in [5.41, 5.74) is 0.888. The smallest absolute Gasteiger partial charge is 0.163 e. The van der Waals surface area contributed by atoms with E-state index in [1.54, 1.807) is 19.1 Å². The Balaban J connectivity index is 2.36. The first kappa shape index (κ1) is 16.4. The van der Waals surface area contributed by atoms with Crippen molar-refractivity contribution in [3.05, 3.63) is 34.9 Å². The lowest BCUT2D eigenvalue weighted by atomic mass is 9.88. The second-order valence-electron chi connectivity index (χ2n) is 6.10. The van der Waals surface area contributed by atoms with E-state index in [9.17, 15) is 8.78 Å². The lowest BCUT2D eigenvalue weighted by Gasteiger charge is -2.39. The van der Waals surface area contributed by atoms with Gasteiger partial charge in [-0.25, -0.2) is 8.78 Å². The first-order valence-corrected chi connectivity index (χ1v) is 7.95. The van der Waals surface area contributed by atoms with Crippen LogP contribution in [0.4, 0.5) is 8.78 Å². The van der Waals surface area contributed by atoms with Gasteiger partial charge in [0.25, 0.3) is 0 Å². The molecule has 0 aliphatic carbocycles. The molecule has 0 aromatic heterocycles. The van der Waals surface area contributed by atoms with Crippen molar-refractivity contribution in [3.63, 3.8) is 0 Å². The van der Waals surface area contributed by atoms with E-state index >= 15 is 0 Å². The van der Waals surface area contributed by atoms with Crippen LogP contribution in [0.3, 0.4) is 0 Å². The zero-order valence-electron chi connectivity index (χ0n) is 13.3. The maximum Gasteiger partial charge on any atom is 0.163 e. The third kappa shape index (κ3) is 3.61. The normalized spacial score (nSPS) is 19.5. The van der Waals surface area contributed by atoms with Gasteiger partial charge in [0.1, 0.15) is 0 Å². The molecule has 2 atom stereocenters. The van der Waals surface area contributed by atoms with Crippen LogP contribution in [0.15, 0.2) is 12.1 Å². The molecule has 2 rings (SSSR count). The summed E-state index contributed by atoms with van der Waals surface area (Å²) < 4.78 is 28.4. The van der Waals surface area contributed by atoms with Crippen LogP contribution >= 0.6 is 0 Å². The van der Waals surface area contributed by atoms with Crippen LogP contribution in [0.25, 0.3) is 0 Å². The van der Waals surface area contributed by atoms with Crippen LogP contribution in [-0.2, 0) is 0 Å². The molecule has 1 aliphatic heterocycles. The highest BCUT2D eigenvalue weighted by molar-refractivity contribution is 5.28. The number of nitrogens with one attached hydrogen (secondary N) is 1. The number of nitrogens with zero attached hydrogens (tertiary/aromatic N) is 1. The van der Waals surface area contributed by atoms with Crippen molar-refractivity contribution in [3.8, 4) is 0 Å². The Morgan fingerprint density at radius 3 is 2.48 bits per heavy atom. The van der Waals surface area contributed by atoms with E-state index in [4.69, 9.17) is 0 Å². The second-order valence-corrected chi connectivity index (χ2v) is 6.10. The average molecular weight is 296 g/mol. The molecular weight excluding hydrogens is 270 g/mol. The Morgan fingerprint density at radius 2 is 1.86 bits per heavy atom. The monoisotopic (exact) mass is 296 g/mol. The highest BCUT2D eigenvalue weighted by atomic mass is 19.2. The Kier molecular flexibility index (Phi) is 5.71. The predicted octanol–water partition coefficient (Wildman–Crippen LogP) is 3.66. The summed E-state index contributed by atoms with van der Waals surface area (Å²) in [6, 6.07) is 3.43. The standard InChI is InChI=1S/C17H26F2N2/c1-4-5-13(3)17(21-10-8-20-9-11-21)14-7-6-12(2)15(18)16(14)19/h6-7,13,17,20H,4-5,8-11H2,1-3H3/t13?,17-/m0/s1. The number of piperazine rings is 1. The first-order chi connectivity index (χ1) is 10.1. The molecule has 1 heterocycles. The van der Waals surface area contributed by atoms with Crippen molar-refractivity contribution >= 4 is 0 Å². The van der Waals surface area contributed by atoms with Gasteiger partial charge in [0, 0.05) is 37.8 Å². The molecule has 1 aromatic rings. The van der Waals surface area contributed by atoms with Crippen molar-refractivity contribution in [2.24, 2.45) is 5.92 Å². The quantitative estimate of drug-likeness (QED) is 0.892. The summed E-state index contributed by atoms with van der Waals surface area (Å²) in [4.78, 5) is 2.30. The molecule has 21 heavy (non-hydrogen) atoms. The molecule has 0 amide bonds. The van der Waals surface area contributed by atoms with E-state index in [2.05, 4.69) is 24.1 Å². The third-order valence-electron chi connectivity index (χ3n) is 4.45. The molecule has 1 N–H and O–H groups in total. The van der Waals surface area contributed by atoms with E-state index in [0.717, 1.165) is 39.0 Å². The summed E-state index contributed by atoms with van der Waals surface area (Å²) in [6.45, 7) is 9.47. The van der Waals surface area contributed by atoms with E-state index in [-0.39, 0.29) is 6.04 Å². The van der Waals surface area contributed by atoms with Gasteiger partial charge in [-0.15, -0.1) is 0 Å². The zero-order chi connectivity index (χ0) is 15.4. The van der Waals surface area contributed by atoms with Crippen LogP contribution in [0, 0.1) is 24.5 Å². The molecule has 0 radical (unpaired) electrons. The molecule has 0 saturated carbocycles. The van der Waals surface area contributed by atoms with Crippen LogP contribution in [-0.4, -0.2) is 31.1 Å². The zero-order valence-corrected chi connectivity index (χ0v) is 13.3. The Labute approximate surface area is 126 Å².